The first-order valence-corrected chi connectivity index (χ1v) is 35.6. The van der Waals surface area contributed by atoms with Crippen LogP contribution in [-0.2, 0) is 69.4 Å². The topological polar surface area (TPSA) is 406 Å². The van der Waals surface area contributed by atoms with Gasteiger partial charge in [-0.05, 0) is 99.3 Å². The van der Waals surface area contributed by atoms with E-state index in [2.05, 4.69) is 54.0 Å². The molecule has 3 aromatic heterocycles. The highest BCUT2D eigenvalue weighted by molar-refractivity contribution is 7.87. The van der Waals surface area contributed by atoms with E-state index in [0.717, 1.165) is 62.7 Å². The molecule has 0 saturated heterocycles. The fourth-order valence-corrected chi connectivity index (χ4v) is 13.9. The van der Waals surface area contributed by atoms with Crippen molar-refractivity contribution in [2.75, 3.05) is 0 Å². The van der Waals surface area contributed by atoms with Gasteiger partial charge in [-0.3, -0.25) is 14.4 Å². The number of carboxylic acids is 2. The molecule has 87 heavy (non-hydrogen) atoms. The largest absolute Gasteiger partial charge is 0.481 e. The normalized spacial score (nSPS) is 17.3. The van der Waals surface area contributed by atoms with Gasteiger partial charge in [0.25, 0.3) is 30.6 Å². The molecular formula is C57H102N12O15S3. The van der Waals surface area contributed by atoms with Crippen LogP contribution in [0.4, 0.5) is 0 Å². The van der Waals surface area contributed by atoms with Gasteiger partial charge in [-0.1, -0.05) is 150 Å². The summed E-state index contributed by atoms with van der Waals surface area (Å²) < 4.78 is 103. The first kappa shape index (κ1) is 74.9. The summed E-state index contributed by atoms with van der Waals surface area (Å²) in [6, 6.07) is 0. The van der Waals surface area contributed by atoms with E-state index in [1.807, 2.05) is 20.8 Å². The van der Waals surface area contributed by atoms with Gasteiger partial charge in [-0.2, -0.15) is 63.8 Å². The molecule has 30 heteroatoms. The zero-order valence-corrected chi connectivity index (χ0v) is 55.3. The third kappa shape index (κ3) is 33.7. The molecule has 0 unspecified atom stereocenters. The van der Waals surface area contributed by atoms with Gasteiger partial charge >= 0.3 is 17.9 Å². The Kier molecular flexibility index (Phi) is 30.8. The van der Waals surface area contributed by atoms with Gasteiger partial charge in [0, 0.05) is 28.8 Å². The summed E-state index contributed by atoms with van der Waals surface area (Å²) in [7, 11) is -11.3. The summed E-state index contributed by atoms with van der Waals surface area (Å²) in [5.41, 5.74) is -1.79. The highest BCUT2D eigenvalue weighted by Crippen LogP contribution is 2.34. The van der Waals surface area contributed by atoms with Crippen molar-refractivity contribution in [3.63, 3.8) is 0 Å². The van der Waals surface area contributed by atoms with Crippen LogP contribution in [0.15, 0.2) is 13.6 Å². The predicted octanol–water partition coefficient (Wildman–Crippen LogP) is 9.13. The maximum atomic E-state index is 12.5. The fraction of sp³-hybridized carbons (Fsp3) is 0.842. The molecular weight excluding hydrogens is 1190 g/mol. The summed E-state index contributed by atoms with van der Waals surface area (Å²) in [6.45, 7) is 15.6. The van der Waals surface area contributed by atoms with Crippen LogP contribution in [0.3, 0.4) is 0 Å². The van der Waals surface area contributed by atoms with E-state index in [-0.39, 0.29) is 91.9 Å². The van der Waals surface area contributed by atoms with Crippen molar-refractivity contribution in [2.24, 2.45) is 22.9 Å². The Labute approximate surface area is 516 Å². The van der Waals surface area contributed by atoms with Crippen LogP contribution >= 0.6 is 0 Å². The molecule has 3 saturated carbocycles. The molecule has 0 bridgehead atoms. The Morgan fingerprint density at radius 2 is 0.805 bits per heavy atom. The Morgan fingerprint density at radius 3 is 1.08 bits per heavy atom. The van der Waals surface area contributed by atoms with Crippen LogP contribution in [-0.4, -0.2) is 100 Å². The molecule has 3 fully saturated rings. The molecule has 3 heterocycles. The third-order valence-electron chi connectivity index (χ3n) is 15.0. The molecule has 3 aliphatic rings. The van der Waals surface area contributed by atoms with Crippen molar-refractivity contribution in [2.45, 2.75) is 290 Å². The zero-order valence-electron chi connectivity index (χ0n) is 52.9. The molecule has 0 radical (unpaired) electrons. The van der Waals surface area contributed by atoms with Gasteiger partial charge in [0.15, 0.2) is 17.5 Å². The zero-order chi connectivity index (χ0) is 64.5. The van der Waals surface area contributed by atoms with E-state index in [4.69, 9.17) is 28.6 Å². The lowest BCUT2D eigenvalue weighted by atomic mass is 9.84. The van der Waals surface area contributed by atoms with Gasteiger partial charge in [0.1, 0.15) is 5.60 Å². The van der Waals surface area contributed by atoms with Gasteiger partial charge in [-0.25, -0.2) is 5.14 Å². The Bertz CT molecular complexity index is 2860. The standard InChI is InChI=1S/C23H42N4O5S.C19H34N4O5S.C15H26N4O5S/c1-22(2,3)27-33(29,30)24-16-19-25-21(32-26-19)18(15-20(28)31-23(4,5)6)14-10-13-17-11-8-7-9-12-17;1-19(2,3)23-29(26,27)20-13-16-21-18(28-22-16)15(12-17(24)25)11-7-10-14-8-5-4-6-9-14;16-25(22,23)17-10-13-18-15(24-19-13)12(9-14(20)21)8-4-7-11-5-2-1-3-6-11/h17-18,24,27H,7-16H2,1-6H3;14-15,20,23H,4-13H2,1-3H3,(H,24,25);11-12,17H,1-10H2,(H,20,21)(H2,16,22,23)/t18-;15-;12-/m111/s1. The quantitative estimate of drug-likeness (QED) is 0.0270. The number of aromatic nitrogens is 6. The molecule has 498 valence electrons. The lowest BCUT2D eigenvalue weighted by Gasteiger charge is -2.23. The van der Waals surface area contributed by atoms with Crippen molar-refractivity contribution < 1.29 is 68.2 Å². The number of aliphatic carboxylic acids is 2. The number of rotatable bonds is 32. The molecule has 3 aliphatic carbocycles. The van der Waals surface area contributed by atoms with E-state index < -0.39 is 59.2 Å². The number of carbonyl (C=O) groups is 3. The summed E-state index contributed by atoms with van der Waals surface area (Å²) in [5.74, 6) is 0.478. The second kappa shape index (κ2) is 35.7. The van der Waals surface area contributed by atoms with Crippen molar-refractivity contribution in [1.29, 1.82) is 0 Å². The minimum absolute atomic E-state index is 0.0798. The molecule has 0 spiro atoms. The number of nitrogens with zero attached hydrogens (tertiary/aromatic N) is 6. The number of hydrogen-bond acceptors (Lipinski definition) is 19. The van der Waals surface area contributed by atoms with E-state index in [9.17, 15) is 44.7 Å². The van der Waals surface area contributed by atoms with Crippen LogP contribution in [0.2, 0.25) is 0 Å². The maximum Gasteiger partial charge on any atom is 0.307 e. The number of carbonyl (C=O) groups excluding carboxylic acids is 1. The molecule has 9 N–H and O–H groups in total. The van der Waals surface area contributed by atoms with Crippen LogP contribution < -0.4 is 28.7 Å². The number of nitrogens with two attached hydrogens (primary N) is 1. The van der Waals surface area contributed by atoms with Crippen molar-refractivity contribution in [1.82, 2.24) is 54.0 Å². The highest BCUT2D eigenvalue weighted by Gasteiger charge is 2.30. The minimum Gasteiger partial charge on any atom is -0.481 e. The van der Waals surface area contributed by atoms with Crippen LogP contribution in [0.5, 0.6) is 0 Å². The van der Waals surface area contributed by atoms with E-state index in [1.165, 1.54) is 96.3 Å². The Balaban J connectivity index is 0.000000282. The van der Waals surface area contributed by atoms with Gasteiger partial charge < -0.3 is 28.5 Å². The average molecular weight is 1290 g/mol. The molecule has 0 amide bonds. The van der Waals surface area contributed by atoms with Crippen molar-refractivity contribution in [3.8, 4) is 0 Å². The number of esters is 1. The van der Waals surface area contributed by atoms with E-state index in [0.29, 0.717) is 18.7 Å². The molecule has 3 atom stereocenters. The molecule has 6 rings (SSSR count). The lowest BCUT2D eigenvalue weighted by Crippen LogP contribution is -2.46. The molecule has 3 aromatic rings. The molecule has 0 aliphatic heterocycles. The monoisotopic (exact) mass is 1290 g/mol. The fourth-order valence-electron chi connectivity index (χ4n) is 11.2. The third-order valence-corrected chi connectivity index (χ3v) is 18.4. The summed E-state index contributed by atoms with van der Waals surface area (Å²) in [5, 5.41) is 34.6. The van der Waals surface area contributed by atoms with Gasteiger partial charge in [0.05, 0.1) is 38.9 Å². The second-order valence-electron chi connectivity index (χ2n) is 26.7. The van der Waals surface area contributed by atoms with Crippen molar-refractivity contribution in [3.05, 3.63) is 35.1 Å². The first-order valence-electron chi connectivity index (χ1n) is 31.1. The Morgan fingerprint density at radius 1 is 0.506 bits per heavy atom. The predicted molar refractivity (Wildman–Crippen MR) is 325 cm³/mol. The summed E-state index contributed by atoms with van der Waals surface area (Å²) in [4.78, 5) is 47.6. The Hall–Kier alpha value is -4.56. The average Bonchev–Trinajstić information content (AvgIpc) is 3.39. The number of nitrogens with one attached hydrogen (secondary N) is 5. The van der Waals surface area contributed by atoms with Crippen molar-refractivity contribution >= 4 is 48.5 Å². The minimum atomic E-state index is -3.84. The van der Waals surface area contributed by atoms with Gasteiger partial charge in [0.2, 0.25) is 17.7 Å². The van der Waals surface area contributed by atoms with Crippen LogP contribution in [0.1, 0.15) is 289 Å². The number of carboxylic acid groups (broad SMARTS) is 2. The van der Waals surface area contributed by atoms with Crippen LogP contribution in [0, 0.1) is 17.8 Å². The first-order chi connectivity index (χ1) is 40.6. The SMILES string of the molecule is CC(C)(C)NS(=O)(=O)NCc1noc([C@H](CCCC2CCCCC2)CC(=O)O)n1.CC(C)(C)NS(=O)(=O)NCc1noc([C@H](CCCC2CCCCC2)CC(=O)OC(C)(C)C)n1.NS(=O)(=O)NCc1noc([C@H](CCCC2CCCCC2)CC(=O)O)n1. The summed E-state index contributed by atoms with van der Waals surface area (Å²) in [6.07, 6.45) is 27.5. The summed E-state index contributed by atoms with van der Waals surface area (Å²) >= 11 is 0. The number of hydrogen-bond donors (Lipinski definition) is 8. The second-order valence-corrected chi connectivity index (χ2v) is 31.1. The number of ether oxygens (including phenoxy) is 1. The van der Waals surface area contributed by atoms with E-state index in [1.54, 1.807) is 41.5 Å². The van der Waals surface area contributed by atoms with Gasteiger partial charge in [-0.15, -0.1) is 0 Å². The smallest absolute Gasteiger partial charge is 0.307 e. The maximum absolute atomic E-state index is 12.5. The highest BCUT2D eigenvalue weighted by atomic mass is 32.2. The van der Waals surface area contributed by atoms with Crippen LogP contribution in [0.25, 0.3) is 0 Å². The molecule has 0 aromatic carbocycles. The van der Waals surface area contributed by atoms with E-state index >= 15 is 0 Å². The molecule has 27 nitrogen and oxygen atoms in total. The lowest BCUT2D eigenvalue weighted by molar-refractivity contribution is -0.155.